The molecule has 0 saturated carbocycles. The minimum absolute atomic E-state index is 0.321. The van der Waals surface area contributed by atoms with Gasteiger partial charge in [0, 0.05) is 18.6 Å². The summed E-state index contributed by atoms with van der Waals surface area (Å²) in [5.74, 6) is 0. The van der Waals surface area contributed by atoms with Gasteiger partial charge >= 0.3 is 0 Å². The molecule has 3 heteroatoms. The van der Waals surface area contributed by atoms with Gasteiger partial charge in [0.05, 0.1) is 12.7 Å². The summed E-state index contributed by atoms with van der Waals surface area (Å²) in [6.45, 7) is 5.89. The van der Waals surface area contributed by atoms with Crippen molar-refractivity contribution in [1.82, 2.24) is 0 Å². The Morgan fingerprint density at radius 2 is 2.00 bits per heavy atom. The molecule has 1 aliphatic heterocycles. The van der Waals surface area contributed by atoms with E-state index < -0.39 is 6.10 Å². The molecule has 0 aromatic heterocycles. The summed E-state index contributed by atoms with van der Waals surface area (Å²) in [5, 5.41) is 10.7. The Morgan fingerprint density at radius 1 is 1.33 bits per heavy atom. The molecule has 2 atom stereocenters. The molecule has 3 nitrogen and oxygen atoms in total. The van der Waals surface area contributed by atoms with E-state index in [-0.39, 0.29) is 5.41 Å². The summed E-state index contributed by atoms with van der Waals surface area (Å²) in [5.41, 5.74) is 8.90. The van der Waals surface area contributed by atoms with Crippen molar-refractivity contribution in [3.05, 3.63) is 34.9 Å². The van der Waals surface area contributed by atoms with Crippen molar-refractivity contribution < 1.29 is 9.84 Å². The van der Waals surface area contributed by atoms with E-state index in [1.807, 2.05) is 12.1 Å². The van der Waals surface area contributed by atoms with Crippen molar-refractivity contribution in [2.45, 2.75) is 32.8 Å². The number of rotatable bonds is 3. The van der Waals surface area contributed by atoms with Gasteiger partial charge in [0.25, 0.3) is 0 Å². The van der Waals surface area contributed by atoms with Gasteiger partial charge in [-0.3, -0.25) is 0 Å². The molecule has 100 valence electrons. The lowest BCUT2D eigenvalue weighted by molar-refractivity contribution is -0.0782. The highest BCUT2D eigenvalue weighted by atomic mass is 16.5. The summed E-state index contributed by atoms with van der Waals surface area (Å²) in [4.78, 5) is 0. The van der Waals surface area contributed by atoms with Crippen LogP contribution in [0.25, 0.3) is 0 Å². The van der Waals surface area contributed by atoms with E-state index in [9.17, 15) is 5.11 Å². The maximum absolute atomic E-state index is 10.7. The van der Waals surface area contributed by atoms with Crippen molar-refractivity contribution in [2.75, 3.05) is 19.8 Å². The Bertz CT molecular complexity index is 391. The first-order chi connectivity index (χ1) is 8.57. The van der Waals surface area contributed by atoms with E-state index in [0.717, 1.165) is 25.0 Å². The van der Waals surface area contributed by atoms with Crippen LogP contribution >= 0.6 is 0 Å². The average Bonchev–Trinajstić information content (AvgIpc) is 2.37. The largest absolute Gasteiger partial charge is 0.388 e. The quantitative estimate of drug-likeness (QED) is 0.862. The molecule has 0 radical (unpaired) electrons. The fraction of sp³-hybridized carbons (Fsp3) is 0.600. The topological polar surface area (TPSA) is 55.5 Å². The second-order valence-electron chi connectivity index (χ2n) is 5.55. The molecule has 0 spiro atoms. The lowest BCUT2D eigenvalue weighted by Crippen LogP contribution is -2.43. The van der Waals surface area contributed by atoms with Crippen LogP contribution in [0.4, 0.5) is 0 Å². The van der Waals surface area contributed by atoms with Gasteiger partial charge in [0.15, 0.2) is 0 Å². The number of ether oxygens (including phenoxy) is 1. The number of hydrogen-bond acceptors (Lipinski definition) is 3. The van der Waals surface area contributed by atoms with Crippen molar-refractivity contribution in [1.29, 1.82) is 0 Å². The highest BCUT2D eigenvalue weighted by Gasteiger charge is 2.39. The fourth-order valence-corrected chi connectivity index (χ4v) is 2.88. The maximum Gasteiger partial charge on any atom is 0.0880 e. The monoisotopic (exact) mass is 249 g/mol. The predicted octanol–water partition coefficient (Wildman–Crippen LogP) is 2.09. The van der Waals surface area contributed by atoms with Gasteiger partial charge in [0.2, 0.25) is 0 Å². The molecule has 1 aromatic carbocycles. The second kappa shape index (κ2) is 5.39. The van der Waals surface area contributed by atoms with Crippen LogP contribution in [0.15, 0.2) is 18.2 Å². The third kappa shape index (κ3) is 2.58. The summed E-state index contributed by atoms with van der Waals surface area (Å²) in [6, 6.07) is 6.20. The van der Waals surface area contributed by atoms with Crippen LogP contribution in [-0.2, 0) is 4.74 Å². The van der Waals surface area contributed by atoms with Gasteiger partial charge in [-0.15, -0.1) is 0 Å². The van der Waals surface area contributed by atoms with Crippen molar-refractivity contribution >= 4 is 0 Å². The lowest BCUT2D eigenvalue weighted by atomic mass is 9.74. The number of aryl methyl sites for hydroxylation is 2. The predicted molar refractivity (Wildman–Crippen MR) is 72.4 cm³/mol. The van der Waals surface area contributed by atoms with Crippen LogP contribution in [0.1, 0.15) is 35.6 Å². The number of aliphatic hydroxyl groups is 1. The first kappa shape index (κ1) is 13.5. The van der Waals surface area contributed by atoms with Gasteiger partial charge in [-0.2, -0.15) is 0 Å². The molecule has 0 aliphatic carbocycles. The van der Waals surface area contributed by atoms with Gasteiger partial charge < -0.3 is 15.6 Å². The van der Waals surface area contributed by atoms with Crippen molar-refractivity contribution in [3.63, 3.8) is 0 Å². The summed E-state index contributed by atoms with van der Waals surface area (Å²) >= 11 is 0. The minimum atomic E-state index is -0.540. The standard InChI is InChI=1S/C15H23NO2/c1-11-6-12(2)8-13(7-11)14(17)15(9-16)4-3-5-18-10-15/h6-8,14,17H,3-5,9-10,16H2,1-2H3. The molecule has 1 aromatic rings. The number of benzene rings is 1. The third-order valence-corrected chi connectivity index (χ3v) is 3.90. The zero-order chi connectivity index (χ0) is 13.2. The van der Waals surface area contributed by atoms with E-state index in [1.165, 1.54) is 11.1 Å². The smallest absolute Gasteiger partial charge is 0.0880 e. The summed E-state index contributed by atoms with van der Waals surface area (Å²) in [7, 11) is 0. The van der Waals surface area contributed by atoms with E-state index in [0.29, 0.717) is 13.2 Å². The van der Waals surface area contributed by atoms with E-state index in [2.05, 4.69) is 19.9 Å². The summed E-state index contributed by atoms with van der Waals surface area (Å²) in [6.07, 6.45) is 1.36. The summed E-state index contributed by atoms with van der Waals surface area (Å²) < 4.78 is 5.54. The Hall–Kier alpha value is -0.900. The van der Waals surface area contributed by atoms with E-state index >= 15 is 0 Å². The highest BCUT2D eigenvalue weighted by Crippen LogP contribution is 2.40. The van der Waals surface area contributed by atoms with E-state index in [1.54, 1.807) is 0 Å². The molecule has 1 saturated heterocycles. The van der Waals surface area contributed by atoms with Gasteiger partial charge in [0.1, 0.15) is 0 Å². The third-order valence-electron chi connectivity index (χ3n) is 3.90. The molecule has 1 aliphatic rings. The SMILES string of the molecule is Cc1cc(C)cc(C(O)C2(CN)CCCOC2)c1. The molecule has 2 rings (SSSR count). The van der Waals surface area contributed by atoms with E-state index in [4.69, 9.17) is 10.5 Å². The average molecular weight is 249 g/mol. The number of hydrogen-bond donors (Lipinski definition) is 2. The zero-order valence-electron chi connectivity index (χ0n) is 11.3. The molecule has 0 bridgehead atoms. The lowest BCUT2D eigenvalue weighted by Gasteiger charge is -2.40. The van der Waals surface area contributed by atoms with Crippen LogP contribution in [0.5, 0.6) is 0 Å². The minimum Gasteiger partial charge on any atom is -0.388 e. The molecule has 18 heavy (non-hydrogen) atoms. The van der Waals surface area contributed by atoms with Crippen LogP contribution in [0.2, 0.25) is 0 Å². The van der Waals surface area contributed by atoms with Crippen LogP contribution in [-0.4, -0.2) is 24.9 Å². The molecule has 2 unspecified atom stereocenters. The van der Waals surface area contributed by atoms with Gasteiger partial charge in [-0.1, -0.05) is 29.3 Å². The molecule has 3 N–H and O–H groups in total. The molecule has 0 amide bonds. The van der Waals surface area contributed by atoms with Gasteiger partial charge in [-0.05, 0) is 32.3 Å². The van der Waals surface area contributed by atoms with Crippen molar-refractivity contribution in [2.24, 2.45) is 11.1 Å². The normalized spacial score (nSPS) is 26.0. The van der Waals surface area contributed by atoms with Crippen LogP contribution in [0.3, 0.4) is 0 Å². The Balaban J connectivity index is 2.30. The molecular weight excluding hydrogens is 226 g/mol. The first-order valence-electron chi connectivity index (χ1n) is 6.61. The Labute approximate surface area is 109 Å². The second-order valence-corrected chi connectivity index (χ2v) is 5.55. The maximum atomic E-state index is 10.7. The van der Waals surface area contributed by atoms with Crippen molar-refractivity contribution in [3.8, 4) is 0 Å². The van der Waals surface area contributed by atoms with Gasteiger partial charge in [-0.25, -0.2) is 0 Å². The van der Waals surface area contributed by atoms with Crippen LogP contribution in [0, 0.1) is 19.3 Å². The number of nitrogens with two attached hydrogens (primary N) is 1. The molecule has 1 heterocycles. The Kier molecular flexibility index (Phi) is 4.05. The number of aliphatic hydroxyl groups excluding tert-OH is 1. The first-order valence-corrected chi connectivity index (χ1v) is 6.61. The molecule has 1 fully saturated rings. The zero-order valence-corrected chi connectivity index (χ0v) is 11.3. The van der Waals surface area contributed by atoms with Crippen LogP contribution < -0.4 is 5.73 Å². The molecular formula is C15H23NO2. The Morgan fingerprint density at radius 3 is 2.50 bits per heavy atom. The fourth-order valence-electron chi connectivity index (χ4n) is 2.88. The highest BCUT2D eigenvalue weighted by molar-refractivity contribution is 5.31.